The Labute approximate surface area is 415 Å². The molecule has 6 atom stereocenters. The van der Waals surface area contributed by atoms with Crippen LogP contribution in [0.15, 0.2) is 41.9 Å². The van der Waals surface area contributed by atoms with Crippen molar-refractivity contribution in [3.63, 3.8) is 0 Å². The average molecular weight is 974 g/mol. The number of methoxy groups -OCH3 is 1. The first-order valence-corrected chi connectivity index (χ1v) is 27.1. The molecule has 6 fully saturated rings. The number of fused-ring (bicyclic) bond motifs is 6. The molecule has 1 spiro atoms. The highest BCUT2D eigenvalue weighted by Crippen LogP contribution is 2.46. The lowest BCUT2D eigenvalue weighted by molar-refractivity contribution is -0.155. The number of nitrogens with one attached hydrogen (secondary N) is 3. The van der Waals surface area contributed by atoms with Crippen LogP contribution in [-0.4, -0.2) is 130 Å². The number of ether oxygens (including phenoxy) is 2. The van der Waals surface area contributed by atoms with Crippen LogP contribution in [0, 0.1) is 22.7 Å². The maximum atomic E-state index is 15.1. The molecule has 15 nitrogen and oxygen atoms in total. The van der Waals surface area contributed by atoms with E-state index in [9.17, 15) is 14.4 Å². The quantitative estimate of drug-likeness (QED) is 0.118. The molecule has 7 aliphatic rings. The molecule has 1 aromatic carbocycles. The van der Waals surface area contributed by atoms with Gasteiger partial charge in [-0.05, 0) is 120 Å². The van der Waals surface area contributed by atoms with Gasteiger partial charge in [0.05, 0.1) is 40.8 Å². The number of piperidine rings is 1. The van der Waals surface area contributed by atoms with E-state index in [4.69, 9.17) is 19.4 Å². The van der Waals surface area contributed by atoms with E-state index in [1.165, 1.54) is 24.2 Å². The third kappa shape index (κ3) is 9.20. The van der Waals surface area contributed by atoms with Gasteiger partial charge in [-0.25, -0.2) is 10.4 Å². The molecule has 16 heteroatoms. The zero-order chi connectivity index (χ0) is 48.5. The number of hydrogen-bond acceptors (Lipinski definition) is 12. The molecule has 0 radical (unpaired) electrons. The van der Waals surface area contributed by atoms with Crippen molar-refractivity contribution in [3.8, 4) is 22.5 Å². The first-order chi connectivity index (χ1) is 33.8. The van der Waals surface area contributed by atoms with E-state index in [-0.39, 0.29) is 60.3 Å². The van der Waals surface area contributed by atoms with E-state index in [1.807, 2.05) is 24.1 Å². The van der Waals surface area contributed by atoms with Crippen LogP contribution in [0.25, 0.3) is 33.4 Å². The molecule has 11 rings (SSSR count). The molecule has 2 saturated carbocycles. The fourth-order valence-electron chi connectivity index (χ4n) is 12.9. The lowest BCUT2D eigenvalue weighted by Crippen LogP contribution is -2.68. The Hall–Kier alpha value is -4.74. The van der Waals surface area contributed by atoms with Gasteiger partial charge in [-0.15, -0.1) is 11.3 Å². The van der Waals surface area contributed by atoms with Crippen LogP contribution >= 0.6 is 11.3 Å². The monoisotopic (exact) mass is 974 g/mol. The maximum Gasteiger partial charge on any atom is 0.324 e. The SMILES string of the molecule is CCn1c(-c2cccnc2[C@H](C)OC)c2c3cc(ccc31)-c1csc(n1)C[C@H](NC(=O)C(C1CCCC1)N1CCCC3(CN(C(=O)[C@@H]4NC4C4CC4)C3)C1)C(=O)N1CCC[C@H](N1)C(=O)OCC(C)(C)C2. The van der Waals surface area contributed by atoms with E-state index in [0.29, 0.717) is 37.8 Å². The fourth-order valence-corrected chi connectivity index (χ4v) is 13.7. The van der Waals surface area contributed by atoms with Gasteiger partial charge in [-0.2, -0.15) is 0 Å². The predicted octanol–water partition coefficient (Wildman–Crippen LogP) is 6.44. The highest BCUT2D eigenvalue weighted by molar-refractivity contribution is 7.10. The van der Waals surface area contributed by atoms with Crippen molar-refractivity contribution < 1.29 is 28.7 Å². The third-order valence-corrected chi connectivity index (χ3v) is 17.6. The molecule has 4 saturated heterocycles. The van der Waals surface area contributed by atoms with Crippen LogP contribution in [0.5, 0.6) is 0 Å². The molecular weight excluding hydrogens is 903 g/mol. The smallest absolute Gasteiger partial charge is 0.324 e. The van der Waals surface area contributed by atoms with E-state index >= 15 is 4.79 Å². The second-order valence-corrected chi connectivity index (χ2v) is 23.5. The van der Waals surface area contributed by atoms with Crippen molar-refractivity contribution in [2.24, 2.45) is 22.7 Å². The summed E-state index contributed by atoms with van der Waals surface area (Å²) in [7, 11) is 1.71. The van der Waals surface area contributed by atoms with Crippen molar-refractivity contribution in [3.05, 3.63) is 58.2 Å². The molecule has 2 unspecified atom stereocenters. The second kappa shape index (κ2) is 19.0. The van der Waals surface area contributed by atoms with Gasteiger partial charge in [0.15, 0.2) is 0 Å². The van der Waals surface area contributed by atoms with Gasteiger partial charge in [0.2, 0.25) is 11.8 Å². The molecule has 70 heavy (non-hydrogen) atoms. The average Bonchev–Trinajstić information content (AvgIpc) is 4.22. The summed E-state index contributed by atoms with van der Waals surface area (Å²) in [6.07, 6.45) is 12.1. The molecule has 4 aromatic rings. The molecule has 6 bridgehead atoms. The van der Waals surface area contributed by atoms with E-state index in [0.717, 1.165) is 121 Å². The number of carbonyl (C=O) groups is 4. The van der Waals surface area contributed by atoms with Crippen LogP contribution in [0.3, 0.4) is 0 Å². The zero-order valence-corrected chi connectivity index (χ0v) is 42.5. The summed E-state index contributed by atoms with van der Waals surface area (Å²) < 4.78 is 14.4. The van der Waals surface area contributed by atoms with Gasteiger partial charge in [-0.1, -0.05) is 32.8 Å². The number of aryl methyl sites for hydroxylation is 1. The minimum atomic E-state index is -0.921. The van der Waals surface area contributed by atoms with Crippen LogP contribution < -0.4 is 16.1 Å². The highest BCUT2D eigenvalue weighted by atomic mass is 32.1. The Morgan fingerprint density at radius 2 is 1.84 bits per heavy atom. The van der Waals surface area contributed by atoms with Crippen LogP contribution in [0.4, 0.5) is 0 Å². The lowest BCUT2D eigenvalue weighted by atomic mass is 9.72. The van der Waals surface area contributed by atoms with Gasteiger partial charge in [-0.3, -0.25) is 39.4 Å². The first kappa shape index (κ1) is 47.6. The number of rotatable bonds is 10. The summed E-state index contributed by atoms with van der Waals surface area (Å²) in [5, 5.41) is 12.2. The number of carbonyl (C=O) groups excluding carboxylic acids is 4. The largest absolute Gasteiger partial charge is 0.464 e. The van der Waals surface area contributed by atoms with Crippen LogP contribution in [0.1, 0.15) is 114 Å². The van der Waals surface area contributed by atoms with Crippen molar-refractivity contribution in [1.29, 1.82) is 0 Å². The number of aromatic nitrogens is 3. The van der Waals surface area contributed by atoms with E-state index in [2.05, 4.69) is 75.9 Å². The Kier molecular flexibility index (Phi) is 12.9. The molecule has 374 valence electrons. The van der Waals surface area contributed by atoms with Gasteiger partial charge >= 0.3 is 5.97 Å². The summed E-state index contributed by atoms with van der Waals surface area (Å²) in [6, 6.07) is 8.94. The molecule has 5 aliphatic heterocycles. The summed E-state index contributed by atoms with van der Waals surface area (Å²) in [5.41, 5.74) is 9.69. The summed E-state index contributed by atoms with van der Waals surface area (Å²) in [6.45, 7) is 12.8. The number of esters is 1. The van der Waals surface area contributed by atoms with Crippen LogP contribution in [-0.2, 0) is 48.0 Å². The maximum absolute atomic E-state index is 15.1. The molecule has 3 N–H and O–H groups in total. The summed E-state index contributed by atoms with van der Waals surface area (Å²) in [5.74, 6) is 0.284. The molecule has 8 heterocycles. The van der Waals surface area contributed by atoms with Crippen LogP contribution in [0.2, 0.25) is 0 Å². The number of nitrogens with zero attached hydrogens (tertiary/aromatic N) is 6. The Balaban J connectivity index is 0.909. The fraction of sp³-hybridized carbons (Fsp3) is 0.630. The third-order valence-electron chi connectivity index (χ3n) is 16.7. The summed E-state index contributed by atoms with van der Waals surface area (Å²) in [4.78, 5) is 72.0. The number of likely N-dealkylation sites (tertiary alicyclic amines) is 2. The number of thiazole rings is 1. The molecule has 3 amide bonds. The normalized spacial score (nSPS) is 26.9. The number of hydrazine groups is 1. The van der Waals surface area contributed by atoms with E-state index < -0.39 is 23.5 Å². The Bertz CT molecular complexity index is 2650. The molecule has 3 aromatic heterocycles. The van der Waals surface area contributed by atoms with Crippen molar-refractivity contribution >= 4 is 45.9 Å². The topological polar surface area (TPSA) is 173 Å². The second-order valence-electron chi connectivity index (χ2n) is 22.5. The Morgan fingerprint density at radius 3 is 2.61 bits per heavy atom. The number of benzene rings is 1. The standard InChI is InChI=1S/C54H71N9O6S/c1-6-62-42-19-18-35-24-37(42)38(48(62)36-14-9-21-55-44(36)32(2)68-5)26-53(3,4)31-69-52(67)39-15-10-23-63(59-39)50(65)40(25-43-56-41(35)27-70-43)57-49(64)47(34-12-7-8-13-34)60-22-11-20-54(28-60)29-61(30-54)51(66)46-45(58-46)33-16-17-33/h9,14,18-19,21,24,27,32-34,39-40,45-47,58-59H,6-8,10-13,15-17,20,22-23,25-26,28-31H2,1-5H3,(H,57,64)/t32-,39-,40-,45?,46+,47?/m0/s1. The van der Waals surface area contributed by atoms with Gasteiger partial charge in [0.25, 0.3) is 5.91 Å². The van der Waals surface area contributed by atoms with Gasteiger partial charge < -0.3 is 24.3 Å². The number of amides is 3. The van der Waals surface area contributed by atoms with Gasteiger partial charge in [0, 0.05) is 96.7 Å². The minimum Gasteiger partial charge on any atom is -0.464 e. The minimum absolute atomic E-state index is 0.0196. The number of cyclic esters (lactones) is 1. The van der Waals surface area contributed by atoms with Crippen molar-refractivity contribution in [2.45, 2.75) is 148 Å². The molecule has 2 aliphatic carbocycles. The Morgan fingerprint density at radius 1 is 1.03 bits per heavy atom. The number of pyridine rings is 1. The highest BCUT2D eigenvalue weighted by Gasteiger charge is 2.57. The summed E-state index contributed by atoms with van der Waals surface area (Å²) >= 11 is 1.50. The lowest BCUT2D eigenvalue weighted by Gasteiger charge is -2.56. The number of hydrogen-bond donors (Lipinski definition) is 3. The molecular formula is C54H71N9O6S. The predicted molar refractivity (Wildman–Crippen MR) is 268 cm³/mol. The van der Waals surface area contributed by atoms with E-state index in [1.54, 1.807) is 12.1 Å². The van der Waals surface area contributed by atoms with Crippen molar-refractivity contribution in [2.75, 3.05) is 46.4 Å². The zero-order valence-electron chi connectivity index (χ0n) is 41.6. The van der Waals surface area contributed by atoms with Crippen molar-refractivity contribution in [1.82, 2.24) is 45.4 Å². The first-order valence-electron chi connectivity index (χ1n) is 26.2. The van der Waals surface area contributed by atoms with Gasteiger partial charge in [0.1, 0.15) is 18.1 Å².